The minimum Gasteiger partial charge on any atom is -0.342 e. The van der Waals surface area contributed by atoms with Crippen LogP contribution in [0.25, 0.3) is 0 Å². The highest BCUT2D eigenvalue weighted by atomic mass is 32.1. The van der Waals surface area contributed by atoms with Crippen LogP contribution < -0.4 is 5.73 Å². The molecule has 92 valence electrons. The molecule has 1 aliphatic heterocycles. The van der Waals surface area contributed by atoms with Crippen LogP contribution in [-0.4, -0.2) is 48.3 Å². The van der Waals surface area contributed by atoms with Crippen LogP contribution in [-0.2, 0) is 9.59 Å². The normalized spacial score (nSPS) is 18.4. The van der Waals surface area contributed by atoms with E-state index in [9.17, 15) is 9.59 Å². The molecule has 1 atom stereocenters. The molecule has 1 saturated heterocycles. The SMILES string of the molecule is CN1CCN(C(=O)C(N)c2cccs2)CC1=O. The standard InChI is InChI=1S/C11H15N3O2S/c1-13-4-5-14(7-9(13)15)11(16)10(12)8-3-2-6-17-8/h2-3,6,10H,4-5,7,12H2,1H3. The number of carbonyl (C=O) groups is 2. The summed E-state index contributed by atoms with van der Waals surface area (Å²) in [6, 6.07) is 3.05. The highest BCUT2D eigenvalue weighted by molar-refractivity contribution is 7.10. The summed E-state index contributed by atoms with van der Waals surface area (Å²) < 4.78 is 0. The zero-order valence-corrected chi connectivity index (χ0v) is 10.4. The van der Waals surface area contributed by atoms with Crippen molar-refractivity contribution in [3.8, 4) is 0 Å². The summed E-state index contributed by atoms with van der Waals surface area (Å²) in [5.41, 5.74) is 5.89. The van der Waals surface area contributed by atoms with E-state index in [1.807, 2.05) is 17.5 Å². The molecular weight excluding hydrogens is 238 g/mol. The van der Waals surface area contributed by atoms with Gasteiger partial charge in [0.25, 0.3) is 0 Å². The van der Waals surface area contributed by atoms with Crippen molar-refractivity contribution in [1.29, 1.82) is 0 Å². The highest BCUT2D eigenvalue weighted by Crippen LogP contribution is 2.19. The average Bonchev–Trinajstić information content (AvgIpc) is 2.84. The molecule has 6 heteroatoms. The fourth-order valence-corrected chi connectivity index (χ4v) is 2.45. The maximum Gasteiger partial charge on any atom is 0.245 e. The van der Waals surface area contributed by atoms with Crippen molar-refractivity contribution in [2.75, 3.05) is 26.7 Å². The van der Waals surface area contributed by atoms with Crippen LogP contribution in [0.2, 0.25) is 0 Å². The molecular formula is C11H15N3O2S. The quantitative estimate of drug-likeness (QED) is 0.810. The molecule has 0 radical (unpaired) electrons. The van der Waals surface area contributed by atoms with Gasteiger partial charge in [0.1, 0.15) is 6.04 Å². The molecule has 1 aromatic rings. The Morgan fingerprint density at radius 2 is 2.29 bits per heavy atom. The molecule has 0 bridgehead atoms. The molecule has 1 aromatic heterocycles. The molecule has 2 heterocycles. The van der Waals surface area contributed by atoms with Gasteiger partial charge in [0, 0.05) is 25.0 Å². The van der Waals surface area contributed by atoms with Gasteiger partial charge in [-0.15, -0.1) is 11.3 Å². The number of carbonyl (C=O) groups excluding carboxylic acids is 2. The Hall–Kier alpha value is -1.40. The van der Waals surface area contributed by atoms with Crippen LogP contribution in [0.1, 0.15) is 10.9 Å². The number of thiophene rings is 1. The molecule has 0 spiro atoms. The molecule has 2 N–H and O–H groups in total. The Morgan fingerprint density at radius 1 is 1.53 bits per heavy atom. The van der Waals surface area contributed by atoms with Crippen LogP contribution in [0.5, 0.6) is 0 Å². The maximum absolute atomic E-state index is 12.1. The van der Waals surface area contributed by atoms with Gasteiger partial charge in [0.15, 0.2) is 0 Å². The van der Waals surface area contributed by atoms with Crippen LogP contribution in [0.15, 0.2) is 17.5 Å². The van der Waals surface area contributed by atoms with Crippen molar-refractivity contribution in [2.24, 2.45) is 5.73 Å². The molecule has 1 unspecified atom stereocenters. The second kappa shape index (κ2) is 4.85. The van der Waals surface area contributed by atoms with Gasteiger partial charge in [-0.05, 0) is 11.4 Å². The Kier molecular flexibility index (Phi) is 3.44. The molecule has 17 heavy (non-hydrogen) atoms. The number of hydrogen-bond acceptors (Lipinski definition) is 4. The summed E-state index contributed by atoms with van der Waals surface area (Å²) in [4.78, 5) is 27.6. The lowest BCUT2D eigenvalue weighted by molar-refractivity contribution is -0.144. The fourth-order valence-electron chi connectivity index (χ4n) is 1.73. The van der Waals surface area contributed by atoms with Crippen LogP contribution >= 0.6 is 11.3 Å². The Balaban J connectivity index is 2.03. The minimum atomic E-state index is -0.647. The van der Waals surface area contributed by atoms with E-state index < -0.39 is 6.04 Å². The third-order valence-electron chi connectivity index (χ3n) is 2.88. The first-order chi connectivity index (χ1) is 8.09. The summed E-state index contributed by atoms with van der Waals surface area (Å²) >= 11 is 1.46. The van der Waals surface area contributed by atoms with E-state index in [2.05, 4.69) is 0 Å². The predicted molar refractivity (Wildman–Crippen MR) is 65.5 cm³/mol. The van der Waals surface area contributed by atoms with E-state index in [4.69, 9.17) is 5.73 Å². The topological polar surface area (TPSA) is 66.6 Å². The predicted octanol–water partition coefficient (Wildman–Crippen LogP) is 0.0485. The van der Waals surface area contributed by atoms with Crippen LogP contribution in [0.3, 0.4) is 0 Å². The molecule has 0 aliphatic carbocycles. The third-order valence-corrected chi connectivity index (χ3v) is 3.84. The number of amides is 2. The third kappa shape index (κ3) is 2.48. The lowest BCUT2D eigenvalue weighted by Crippen LogP contribution is -2.52. The van der Waals surface area contributed by atoms with E-state index >= 15 is 0 Å². The largest absolute Gasteiger partial charge is 0.342 e. The van der Waals surface area contributed by atoms with E-state index in [-0.39, 0.29) is 18.4 Å². The smallest absolute Gasteiger partial charge is 0.245 e. The number of likely N-dealkylation sites (N-methyl/N-ethyl adjacent to an activating group) is 1. The van der Waals surface area contributed by atoms with Gasteiger partial charge >= 0.3 is 0 Å². The molecule has 5 nitrogen and oxygen atoms in total. The van der Waals surface area contributed by atoms with Crippen molar-refractivity contribution in [2.45, 2.75) is 6.04 Å². The summed E-state index contributed by atoms with van der Waals surface area (Å²) in [7, 11) is 1.74. The van der Waals surface area contributed by atoms with Crippen molar-refractivity contribution in [3.63, 3.8) is 0 Å². The first-order valence-corrected chi connectivity index (χ1v) is 6.29. The lowest BCUT2D eigenvalue weighted by atomic mass is 10.2. The number of hydrogen-bond donors (Lipinski definition) is 1. The molecule has 0 aromatic carbocycles. The maximum atomic E-state index is 12.1. The van der Waals surface area contributed by atoms with Gasteiger partial charge in [0.2, 0.25) is 11.8 Å². The number of piperazine rings is 1. The van der Waals surface area contributed by atoms with Crippen LogP contribution in [0.4, 0.5) is 0 Å². The van der Waals surface area contributed by atoms with E-state index in [0.717, 1.165) is 4.88 Å². The van der Waals surface area contributed by atoms with Gasteiger partial charge in [-0.3, -0.25) is 9.59 Å². The second-order valence-corrected chi connectivity index (χ2v) is 5.05. The van der Waals surface area contributed by atoms with E-state index in [0.29, 0.717) is 13.1 Å². The van der Waals surface area contributed by atoms with Gasteiger partial charge in [-0.1, -0.05) is 6.07 Å². The first-order valence-electron chi connectivity index (χ1n) is 5.41. The monoisotopic (exact) mass is 253 g/mol. The van der Waals surface area contributed by atoms with E-state index in [1.165, 1.54) is 16.2 Å². The number of rotatable bonds is 2. The Labute approximate surface area is 104 Å². The molecule has 2 rings (SSSR count). The van der Waals surface area contributed by atoms with Crippen molar-refractivity contribution in [1.82, 2.24) is 9.80 Å². The zero-order chi connectivity index (χ0) is 12.4. The lowest BCUT2D eigenvalue weighted by Gasteiger charge is -2.33. The molecule has 1 aliphatic rings. The Bertz CT molecular complexity index is 418. The summed E-state index contributed by atoms with van der Waals surface area (Å²) in [6.45, 7) is 1.26. The fraction of sp³-hybridized carbons (Fsp3) is 0.455. The van der Waals surface area contributed by atoms with Gasteiger partial charge in [0.05, 0.1) is 6.54 Å². The van der Waals surface area contributed by atoms with E-state index in [1.54, 1.807) is 11.9 Å². The zero-order valence-electron chi connectivity index (χ0n) is 9.63. The molecule has 0 saturated carbocycles. The number of nitrogens with zero attached hydrogens (tertiary/aromatic N) is 2. The first kappa shape index (κ1) is 12.1. The molecule has 2 amide bonds. The average molecular weight is 253 g/mol. The van der Waals surface area contributed by atoms with Crippen molar-refractivity contribution >= 4 is 23.2 Å². The van der Waals surface area contributed by atoms with Gasteiger partial charge in [-0.25, -0.2) is 0 Å². The molecule has 1 fully saturated rings. The minimum absolute atomic E-state index is 0.0389. The summed E-state index contributed by atoms with van der Waals surface area (Å²) in [5, 5.41) is 1.89. The van der Waals surface area contributed by atoms with Crippen molar-refractivity contribution in [3.05, 3.63) is 22.4 Å². The Morgan fingerprint density at radius 3 is 2.88 bits per heavy atom. The van der Waals surface area contributed by atoms with Gasteiger partial charge in [-0.2, -0.15) is 0 Å². The van der Waals surface area contributed by atoms with Crippen molar-refractivity contribution < 1.29 is 9.59 Å². The second-order valence-electron chi connectivity index (χ2n) is 4.07. The van der Waals surface area contributed by atoms with Gasteiger partial charge < -0.3 is 15.5 Å². The highest BCUT2D eigenvalue weighted by Gasteiger charge is 2.29. The summed E-state index contributed by atoms with van der Waals surface area (Å²) in [5.74, 6) is -0.211. The van der Waals surface area contributed by atoms with Crippen LogP contribution in [0, 0.1) is 0 Å². The number of nitrogens with two attached hydrogens (primary N) is 1. The summed E-state index contributed by atoms with van der Waals surface area (Å²) in [6.07, 6.45) is 0.